The van der Waals surface area contributed by atoms with Gasteiger partial charge in [-0.05, 0) is 66.3 Å². The molecule has 2 N–H and O–H groups in total. The van der Waals surface area contributed by atoms with Crippen LogP contribution in [0.2, 0.25) is 5.02 Å². The van der Waals surface area contributed by atoms with Gasteiger partial charge in [0, 0.05) is 50.5 Å². The topological polar surface area (TPSA) is 86.5 Å². The van der Waals surface area contributed by atoms with Crippen LogP contribution in [0.25, 0.3) is 11.6 Å². The molecule has 1 aliphatic heterocycles. The monoisotopic (exact) mass is 560 g/mol. The number of amides is 2. The highest BCUT2D eigenvalue weighted by Gasteiger charge is 2.39. The van der Waals surface area contributed by atoms with E-state index in [0.29, 0.717) is 42.9 Å². The highest BCUT2D eigenvalue weighted by Crippen LogP contribution is 2.46. The van der Waals surface area contributed by atoms with Gasteiger partial charge in [0.25, 0.3) is 0 Å². The lowest BCUT2D eigenvalue weighted by Gasteiger charge is -2.40. The zero-order chi connectivity index (χ0) is 27.9. The van der Waals surface area contributed by atoms with Gasteiger partial charge < -0.3 is 19.9 Å². The molecule has 1 unspecified atom stereocenters. The Morgan fingerprint density at radius 1 is 1.12 bits per heavy atom. The number of aryl methyl sites for hydroxylation is 1. The molecule has 2 fully saturated rings. The van der Waals surface area contributed by atoms with Crippen molar-refractivity contribution in [3.05, 3.63) is 82.2 Å². The van der Waals surface area contributed by atoms with E-state index in [0.717, 1.165) is 40.8 Å². The molecule has 9 heteroatoms. The van der Waals surface area contributed by atoms with Crippen LogP contribution in [0.3, 0.4) is 0 Å². The summed E-state index contributed by atoms with van der Waals surface area (Å²) in [5.41, 5.74) is 3.91. The Bertz CT molecular complexity index is 1420. The first-order valence-corrected chi connectivity index (χ1v) is 14.7. The maximum Gasteiger partial charge on any atom is 0.317 e. The fourth-order valence-corrected chi connectivity index (χ4v) is 6.77. The summed E-state index contributed by atoms with van der Waals surface area (Å²) < 4.78 is 1.84. The van der Waals surface area contributed by atoms with Crippen LogP contribution in [-0.2, 0) is 12.6 Å². The van der Waals surface area contributed by atoms with Crippen LogP contribution < -0.4 is 5.32 Å². The lowest BCUT2D eigenvalue weighted by atomic mass is 9.84. The number of imidazole rings is 1. The summed E-state index contributed by atoms with van der Waals surface area (Å²) in [5, 5.41) is 15.9. The van der Waals surface area contributed by atoms with Gasteiger partial charge in [-0.15, -0.1) is 0 Å². The first-order chi connectivity index (χ1) is 19.3. The zero-order valence-electron chi connectivity index (χ0n) is 23.2. The number of rotatable bonds is 4. The molecule has 2 aromatic heterocycles. The summed E-state index contributed by atoms with van der Waals surface area (Å²) in [4.78, 5) is 26.5. The molecule has 40 heavy (non-hydrogen) atoms. The second-order valence-corrected chi connectivity index (χ2v) is 11.9. The van der Waals surface area contributed by atoms with Crippen LogP contribution in [0.5, 0.6) is 0 Å². The van der Waals surface area contributed by atoms with Crippen molar-refractivity contribution in [1.29, 1.82) is 0 Å². The highest BCUT2D eigenvalue weighted by molar-refractivity contribution is 6.30. The molecule has 6 rings (SSSR count). The Morgan fingerprint density at radius 2 is 1.90 bits per heavy atom. The first-order valence-electron chi connectivity index (χ1n) is 14.3. The summed E-state index contributed by atoms with van der Waals surface area (Å²) in [6, 6.07) is 10.1. The van der Waals surface area contributed by atoms with Gasteiger partial charge in [-0.2, -0.15) is 0 Å². The number of hydrogen-bond acceptors (Lipinski definition) is 5. The van der Waals surface area contributed by atoms with Gasteiger partial charge in [-0.3, -0.25) is 9.88 Å². The van der Waals surface area contributed by atoms with E-state index < -0.39 is 5.60 Å². The Morgan fingerprint density at radius 3 is 2.62 bits per heavy atom. The van der Waals surface area contributed by atoms with Crippen LogP contribution >= 0.6 is 11.6 Å². The number of hydrogen-bond donors (Lipinski definition) is 2. The van der Waals surface area contributed by atoms with E-state index in [1.165, 1.54) is 19.3 Å². The number of urea groups is 1. The summed E-state index contributed by atoms with van der Waals surface area (Å²) in [6.07, 6.45) is 13.1. The van der Waals surface area contributed by atoms with Gasteiger partial charge in [-0.1, -0.05) is 43.0 Å². The molecule has 2 amide bonds. The Labute approximate surface area is 240 Å². The maximum absolute atomic E-state index is 13.1. The second-order valence-electron chi connectivity index (χ2n) is 11.4. The SMILES string of the molecule is Cn1cncc1C(C)(O)C1=Cc2cccnc2[C@@H](N2CCN(C(=O)NC3CCCCC3)CC2)c2ccc(Cl)cc21. The highest BCUT2D eigenvalue weighted by atomic mass is 35.5. The van der Waals surface area contributed by atoms with E-state index >= 15 is 0 Å². The van der Waals surface area contributed by atoms with Crippen molar-refractivity contribution in [1.82, 2.24) is 29.7 Å². The number of piperazine rings is 1. The third kappa shape index (κ3) is 5.04. The van der Waals surface area contributed by atoms with E-state index in [2.05, 4.69) is 27.3 Å². The Hall–Kier alpha value is -3.20. The molecule has 1 saturated heterocycles. The molecule has 2 atom stereocenters. The van der Waals surface area contributed by atoms with Gasteiger partial charge in [0.1, 0.15) is 5.60 Å². The fourth-order valence-electron chi connectivity index (χ4n) is 6.59. The summed E-state index contributed by atoms with van der Waals surface area (Å²) in [5.74, 6) is 0. The third-order valence-corrected chi connectivity index (χ3v) is 9.00. The number of carbonyl (C=O) groups excluding carboxylic acids is 1. The lowest BCUT2D eigenvalue weighted by molar-refractivity contribution is 0.112. The van der Waals surface area contributed by atoms with Crippen molar-refractivity contribution in [3.63, 3.8) is 0 Å². The van der Waals surface area contributed by atoms with Crippen molar-refractivity contribution in [2.24, 2.45) is 7.05 Å². The fraction of sp³-hybridized carbons (Fsp3) is 0.452. The van der Waals surface area contributed by atoms with Crippen molar-refractivity contribution >= 4 is 29.3 Å². The smallest absolute Gasteiger partial charge is 0.317 e. The van der Waals surface area contributed by atoms with Crippen LogP contribution in [0.1, 0.15) is 73.1 Å². The molecular formula is C31H37ClN6O2. The molecule has 0 bridgehead atoms. The van der Waals surface area contributed by atoms with Crippen molar-refractivity contribution in [2.45, 2.75) is 56.7 Å². The number of aliphatic hydroxyl groups is 1. The van der Waals surface area contributed by atoms with Gasteiger partial charge in [-0.25, -0.2) is 9.78 Å². The number of halogens is 1. The Balaban J connectivity index is 1.33. The predicted molar refractivity (Wildman–Crippen MR) is 157 cm³/mol. The standard InChI is InChI=1S/C31H37ClN6O2/c1-31(40,27-19-33-20-36(27)2)26-17-21-7-6-12-34-28(21)29(24-11-10-22(32)18-25(24)26)37-13-15-38(16-14-37)30(39)35-23-8-4-3-5-9-23/h6-7,10-12,17-20,23,29,40H,3-5,8-9,13-16H2,1-2H3,(H,35,39)/t29-,31?/m0/s1. The number of benzene rings is 1. The van der Waals surface area contributed by atoms with Gasteiger partial charge in [0.05, 0.1) is 30.0 Å². The minimum absolute atomic E-state index is 0.0503. The molecule has 3 heterocycles. The molecule has 1 saturated carbocycles. The van der Waals surface area contributed by atoms with Crippen LogP contribution in [0, 0.1) is 0 Å². The van der Waals surface area contributed by atoms with Crippen LogP contribution in [-0.4, -0.2) is 67.7 Å². The number of pyridine rings is 1. The van der Waals surface area contributed by atoms with Crippen molar-refractivity contribution in [3.8, 4) is 0 Å². The normalized spacial score (nSPS) is 21.6. The molecule has 2 aliphatic carbocycles. The van der Waals surface area contributed by atoms with Gasteiger partial charge in [0.2, 0.25) is 0 Å². The average Bonchev–Trinajstić information content (AvgIpc) is 3.34. The first kappa shape index (κ1) is 27.0. The van der Waals surface area contributed by atoms with Gasteiger partial charge in [0.15, 0.2) is 0 Å². The Kier molecular flexibility index (Phi) is 7.42. The predicted octanol–water partition coefficient (Wildman–Crippen LogP) is 4.98. The molecule has 0 spiro atoms. The number of carbonyl (C=O) groups is 1. The van der Waals surface area contributed by atoms with Crippen molar-refractivity contribution in [2.75, 3.05) is 26.2 Å². The number of nitrogens with one attached hydrogen (secondary N) is 1. The lowest BCUT2D eigenvalue weighted by Crippen LogP contribution is -2.54. The summed E-state index contributed by atoms with van der Waals surface area (Å²) >= 11 is 6.57. The van der Waals surface area contributed by atoms with Crippen LogP contribution in [0.15, 0.2) is 49.1 Å². The molecule has 8 nitrogen and oxygen atoms in total. The maximum atomic E-state index is 13.1. The molecule has 210 valence electrons. The average molecular weight is 561 g/mol. The van der Waals surface area contributed by atoms with E-state index in [9.17, 15) is 9.90 Å². The molecular weight excluding hydrogens is 524 g/mol. The van der Waals surface area contributed by atoms with Crippen molar-refractivity contribution < 1.29 is 9.90 Å². The minimum atomic E-state index is -1.33. The van der Waals surface area contributed by atoms with E-state index in [-0.39, 0.29) is 12.1 Å². The molecule has 3 aromatic rings. The molecule has 3 aliphatic rings. The third-order valence-electron chi connectivity index (χ3n) is 8.77. The second kappa shape index (κ2) is 11.0. The van der Waals surface area contributed by atoms with Gasteiger partial charge >= 0.3 is 6.03 Å². The van der Waals surface area contributed by atoms with E-state index in [1.54, 1.807) is 19.4 Å². The number of aromatic nitrogens is 3. The molecule has 1 aromatic carbocycles. The number of fused-ring (bicyclic) bond motifs is 2. The summed E-state index contributed by atoms with van der Waals surface area (Å²) in [6.45, 7) is 4.53. The quantitative estimate of drug-likeness (QED) is 0.470. The largest absolute Gasteiger partial charge is 0.379 e. The molecule has 0 radical (unpaired) electrons. The van der Waals surface area contributed by atoms with Crippen LogP contribution in [0.4, 0.5) is 4.79 Å². The summed E-state index contributed by atoms with van der Waals surface area (Å²) in [7, 11) is 1.88. The zero-order valence-corrected chi connectivity index (χ0v) is 23.9. The minimum Gasteiger partial charge on any atom is -0.379 e. The van der Waals surface area contributed by atoms with E-state index in [4.69, 9.17) is 16.6 Å². The van der Waals surface area contributed by atoms with E-state index in [1.807, 2.05) is 47.0 Å². The number of nitrogens with zero attached hydrogens (tertiary/aromatic N) is 5.